The minimum atomic E-state index is -0.357. The summed E-state index contributed by atoms with van der Waals surface area (Å²) in [6.45, 7) is 0. The summed E-state index contributed by atoms with van der Waals surface area (Å²) in [6, 6.07) is -0.0410. The summed E-state index contributed by atoms with van der Waals surface area (Å²) in [5.74, 6) is 0.283. The lowest BCUT2D eigenvalue weighted by Gasteiger charge is -2.15. The standard InChI is InChI=1S/C8H14ClNO2/c9-5-4-8(12)10-6-2-1-3-7(6)11/h6-7,11H,1-5H2,(H,10,12). The summed E-state index contributed by atoms with van der Waals surface area (Å²) in [5.41, 5.74) is 0. The Morgan fingerprint density at radius 1 is 1.58 bits per heavy atom. The molecule has 70 valence electrons. The van der Waals surface area contributed by atoms with E-state index in [0.717, 1.165) is 19.3 Å². The molecule has 0 spiro atoms. The van der Waals surface area contributed by atoms with Gasteiger partial charge in [-0.25, -0.2) is 0 Å². The average molecular weight is 192 g/mol. The van der Waals surface area contributed by atoms with Crippen molar-refractivity contribution in [2.45, 2.75) is 37.8 Å². The van der Waals surface area contributed by atoms with Crippen molar-refractivity contribution >= 4 is 17.5 Å². The van der Waals surface area contributed by atoms with E-state index in [0.29, 0.717) is 12.3 Å². The van der Waals surface area contributed by atoms with Gasteiger partial charge >= 0.3 is 0 Å². The number of hydrogen-bond donors (Lipinski definition) is 2. The zero-order chi connectivity index (χ0) is 8.97. The van der Waals surface area contributed by atoms with Gasteiger partial charge in [0.1, 0.15) is 0 Å². The molecular formula is C8H14ClNO2. The number of nitrogens with one attached hydrogen (secondary N) is 1. The summed E-state index contributed by atoms with van der Waals surface area (Å²) < 4.78 is 0. The summed E-state index contributed by atoms with van der Waals surface area (Å²) >= 11 is 5.39. The number of carbonyl (C=O) groups excluding carboxylic acids is 1. The fraction of sp³-hybridized carbons (Fsp3) is 0.875. The van der Waals surface area contributed by atoms with Crippen molar-refractivity contribution in [2.75, 3.05) is 5.88 Å². The van der Waals surface area contributed by atoms with E-state index in [1.807, 2.05) is 0 Å². The molecular weight excluding hydrogens is 178 g/mol. The van der Waals surface area contributed by atoms with Crippen molar-refractivity contribution in [2.24, 2.45) is 0 Å². The Bertz CT molecular complexity index is 163. The number of halogens is 1. The van der Waals surface area contributed by atoms with E-state index in [9.17, 15) is 9.90 Å². The molecule has 0 radical (unpaired) electrons. The second-order valence-electron chi connectivity index (χ2n) is 3.11. The molecule has 0 heterocycles. The van der Waals surface area contributed by atoms with Gasteiger partial charge in [0.25, 0.3) is 0 Å². The summed E-state index contributed by atoms with van der Waals surface area (Å²) in [7, 11) is 0. The van der Waals surface area contributed by atoms with Crippen LogP contribution >= 0.6 is 11.6 Å². The second-order valence-corrected chi connectivity index (χ2v) is 3.49. The van der Waals surface area contributed by atoms with Crippen molar-refractivity contribution in [1.29, 1.82) is 0 Å². The number of carbonyl (C=O) groups is 1. The average Bonchev–Trinajstić information content (AvgIpc) is 2.37. The van der Waals surface area contributed by atoms with Crippen LogP contribution in [0.2, 0.25) is 0 Å². The molecule has 12 heavy (non-hydrogen) atoms. The van der Waals surface area contributed by atoms with Crippen LogP contribution in [0.1, 0.15) is 25.7 Å². The van der Waals surface area contributed by atoms with Crippen molar-refractivity contribution < 1.29 is 9.90 Å². The van der Waals surface area contributed by atoms with Gasteiger partial charge < -0.3 is 10.4 Å². The molecule has 2 atom stereocenters. The minimum absolute atomic E-state index is 0.0410. The third-order valence-electron chi connectivity index (χ3n) is 2.15. The Balaban J connectivity index is 2.25. The third kappa shape index (κ3) is 2.64. The molecule has 3 nitrogen and oxygen atoms in total. The number of rotatable bonds is 3. The number of hydrogen-bond acceptors (Lipinski definition) is 2. The smallest absolute Gasteiger partial charge is 0.221 e. The van der Waals surface area contributed by atoms with Crippen LogP contribution in [0.15, 0.2) is 0 Å². The molecule has 1 amide bonds. The summed E-state index contributed by atoms with van der Waals surface area (Å²) in [5, 5.41) is 12.1. The van der Waals surface area contributed by atoms with Gasteiger partial charge in [0.2, 0.25) is 5.91 Å². The highest BCUT2D eigenvalue weighted by Crippen LogP contribution is 2.18. The first-order valence-electron chi connectivity index (χ1n) is 4.27. The van der Waals surface area contributed by atoms with E-state index in [2.05, 4.69) is 5.32 Å². The molecule has 1 fully saturated rings. The first-order valence-corrected chi connectivity index (χ1v) is 4.81. The predicted octanol–water partition coefficient (Wildman–Crippen LogP) is 0.645. The molecule has 0 saturated heterocycles. The summed E-state index contributed by atoms with van der Waals surface area (Å²) in [6.07, 6.45) is 2.66. The van der Waals surface area contributed by atoms with Crippen LogP contribution in [0.25, 0.3) is 0 Å². The van der Waals surface area contributed by atoms with E-state index in [4.69, 9.17) is 11.6 Å². The fourth-order valence-corrected chi connectivity index (χ4v) is 1.65. The Morgan fingerprint density at radius 2 is 2.33 bits per heavy atom. The van der Waals surface area contributed by atoms with Gasteiger partial charge in [-0.15, -0.1) is 11.6 Å². The predicted molar refractivity (Wildman–Crippen MR) is 47.1 cm³/mol. The first-order chi connectivity index (χ1) is 5.74. The molecule has 1 saturated carbocycles. The molecule has 2 unspecified atom stereocenters. The maximum Gasteiger partial charge on any atom is 0.221 e. The molecule has 0 bridgehead atoms. The van der Waals surface area contributed by atoms with E-state index < -0.39 is 0 Å². The monoisotopic (exact) mass is 191 g/mol. The molecule has 1 aliphatic carbocycles. The van der Waals surface area contributed by atoms with Crippen LogP contribution in [0.5, 0.6) is 0 Å². The van der Waals surface area contributed by atoms with E-state index in [1.165, 1.54) is 0 Å². The normalized spacial score (nSPS) is 28.8. The van der Waals surface area contributed by atoms with Crippen LogP contribution in [-0.2, 0) is 4.79 Å². The SMILES string of the molecule is O=C(CCCl)NC1CCCC1O. The lowest BCUT2D eigenvalue weighted by atomic mass is 10.2. The highest BCUT2D eigenvalue weighted by molar-refractivity contribution is 6.18. The van der Waals surface area contributed by atoms with Gasteiger partial charge in [0.05, 0.1) is 12.1 Å². The Morgan fingerprint density at radius 3 is 2.83 bits per heavy atom. The maximum absolute atomic E-state index is 11.0. The van der Waals surface area contributed by atoms with Gasteiger partial charge in [0.15, 0.2) is 0 Å². The quantitative estimate of drug-likeness (QED) is 0.644. The molecule has 1 aliphatic rings. The minimum Gasteiger partial charge on any atom is -0.391 e. The largest absolute Gasteiger partial charge is 0.391 e. The number of amides is 1. The molecule has 0 aromatic carbocycles. The van der Waals surface area contributed by atoms with E-state index in [-0.39, 0.29) is 18.1 Å². The highest BCUT2D eigenvalue weighted by Gasteiger charge is 2.25. The third-order valence-corrected chi connectivity index (χ3v) is 2.34. The Labute approximate surface area is 77.1 Å². The van der Waals surface area contributed by atoms with Gasteiger partial charge in [-0.2, -0.15) is 0 Å². The first kappa shape index (κ1) is 9.81. The van der Waals surface area contributed by atoms with Gasteiger partial charge in [-0.3, -0.25) is 4.79 Å². The van der Waals surface area contributed by atoms with Crippen molar-refractivity contribution in [3.8, 4) is 0 Å². The van der Waals surface area contributed by atoms with Gasteiger partial charge in [0, 0.05) is 12.3 Å². The zero-order valence-corrected chi connectivity index (χ0v) is 7.68. The maximum atomic E-state index is 11.0. The van der Waals surface area contributed by atoms with Gasteiger partial charge in [-0.05, 0) is 19.3 Å². The van der Waals surface area contributed by atoms with Crippen molar-refractivity contribution in [3.05, 3.63) is 0 Å². The van der Waals surface area contributed by atoms with Crippen LogP contribution in [-0.4, -0.2) is 29.0 Å². The number of aliphatic hydroxyl groups excluding tert-OH is 1. The second kappa shape index (κ2) is 4.67. The lowest BCUT2D eigenvalue weighted by molar-refractivity contribution is -0.122. The summed E-state index contributed by atoms with van der Waals surface area (Å²) in [4.78, 5) is 11.0. The van der Waals surface area contributed by atoms with E-state index in [1.54, 1.807) is 0 Å². The number of alkyl halides is 1. The molecule has 0 aromatic heterocycles. The van der Waals surface area contributed by atoms with Crippen LogP contribution in [0.4, 0.5) is 0 Å². The fourth-order valence-electron chi connectivity index (χ4n) is 1.47. The number of aliphatic hydroxyl groups is 1. The van der Waals surface area contributed by atoms with E-state index >= 15 is 0 Å². The Hall–Kier alpha value is -0.280. The van der Waals surface area contributed by atoms with Crippen LogP contribution in [0, 0.1) is 0 Å². The van der Waals surface area contributed by atoms with Crippen LogP contribution in [0.3, 0.4) is 0 Å². The lowest BCUT2D eigenvalue weighted by Crippen LogP contribution is -2.39. The van der Waals surface area contributed by atoms with Gasteiger partial charge in [-0.1, -0.05) is 0 Å². The zero-order valence-electron chi connectivity index (χ0n) is 6.92. The van der Waals surface area contributed by atoms with Crippen LogP contribution < -0.4 is 5.32 Å². The highest BCUT2D eigenvalue weighted by atomic mass is 35.5. The topological polar surface area (TPSA) is 49.3 Å². The molecule has 0 aromatic rings. The molecule has 2 N–H and O–H groups in total. The molecule has 4 heteroatoms. The Kier molecular flexibility index (Phi) is 3.82. The van der Waals surface area contributed by atoms with Crippen molar-refractivity contribution in [1.82, 2.24) is 5.32 Å². The molecule has 1 rings (SSSR count). The van der Waals surface area contributed by atoms with Crippen molar-refractivity contribution in [3.63, 3.8) is 0 Å². The molecule has 0 aliphatic heterocycles.